The monoisotopic (exact) mass is 2160 g/mol. The third kappa shape index (κ3) is 18.2. The van der Waals surface area contributed by atoms with Gasteiger partial charge in [0.2, 0.25) is 0 Å². The van der Waals surface area contributed by atoms with E-state index < -0.39 is 0 Å². The third-order valence-corrected chi connectivity index (χ3v) is 27.9. The Morgan fingerprint density at radius 2 is 0.587 bits per heavy atom. The zero-order chi connectivity index (χ0) is 94.4. The second kappa shape index (κ2) is 37.4. The number of pyridine rings is 2. The van der Waals surface area contributed by atoms with Gasteiger partial charge in [-0.2, -0.15) is 24.3 Å². The largest absolute Gasteiger partial charge is 0.509 e. The maximum absolute atomic E-state index is 6.75. The summed E-state index contributed by atoms with van der Waals surface area (Å²) >= 11 is 0. The Labute approximate surface area is 843 Å². The molecule has 4 aromatic heterocycles. The number of anilines is 8. The van der Waals surface area contributed by atoms with E-state index in [1.807, 2.05) is 48.8 Å². The Morgan fingerprint density at radius 3 is 0.986 bits per heavy atom. The molecule has 21 rings (SSSR count). The summed E-state index contributed by atoms with van der Waals surface area (Å²) in [6.07, 6.45) is 3.84. The first-order valence-corrected chi connectivity index (χ1v) is 47.3. The van der Waals surface area contributed by atoms with Crippen molar-refractivity contribution in [2.45, 2.75) is 156 Å². The van der Waals surface area contributed by atoms with Crippen LogP contribution in [-0.2, 0) is 80.0 Å². The van der Waals surface area contributed by atoms with Gasteiger partial charge in [0.05, 0.1) is 0 Å². The van der Waals surface area contributed by atoms with Crippen molar-refractivity contribution >= 4 is 89.1 Å². The van der Waals surface area contributed by atoms with Crippen LogP contribution in [0.2, 0.25) is 0 Å². The van der Waals surface area contributed by atoms with Crippen molar-refractivity contribution in [3.63, 3.8) is 0 Å². The van der Waals surface area contributed by atoms with Crippen molar-refractivity contribution < 1.29 is 51.6 Å². The number of rotatable bonds is 19. The standard InChI is InChI=1S/C64H55N4O.C62H59N4O.2Pt/c1-62(2,3)48-30-33-58-60(39-48)66(43-67(58)52-37-45(44-20-11-8-12-21-44)36-50(38-52)64(6,7)47-24-15-10-16-25-47)51-26-19-27-53(41-51)69-54-31-32-56-55-28-17-18-29-57(55)68(59(56)42-54)61-40-49(34-35-65-61)63(4,5)46-22-13-9-14-23-46;1-59(2,3)44-28-31-55-57(37-44)64(41-65(55)49-35-46(60(4,5)6)34-47(36-49)62(9,10)43-22-15-12-16-23-43)48-24-19-25-50(39-48)67-51-29-30-53-52-26-17-18-27-54(52)66(56(53)40-51)58-38-45(32-33-63-58)61(7,8)42-20-13-11-14-21-42;;/h8-40,43H,1-7H3;11-38,41H,1-10H3;;/q2*-3;;. The Hall–Kier alpha value is -13.6. The Bertz CT molecular complexity index is 7690. The van der Waals surface area contributed by atoms with E-state index in [0.29, 0.717) is 23.0 Å². The molecule has 138 heavy (non-hydrogen) atoms. The van der Waals surface area contributed by atoms with Crippen molar-refractivity contribution in [3.05, 3.63) is 469 Å². The van der Waals surface area contributed by atoms with Gasteiger partial charge in [-0.1, -0.05) is 341 Å². The summed E-state index contributed by atoms with van der Waals surface area (Å²) in [4.78, 5) is 19.1. The number of ether oxygens (including phenoxy) is 2. The number of para-hydroxylation sites is 2. The Kier molecular flexibility index (Phi) is 25.6. The summed E-state index contributed by atoms with van der Waals surface area (Å²) in [5.74, 6) is 4.05. The zero-order valence-corrected chi connectivity index (χ0v) is 85.9. The minimum atomic E-state index is -0.257. The molecule has 10 nitrogen and oxygen atoms in total. The second-order valence-electron chi connectivity index (χ2n) is 41.4. The van der Waals surface area contributed by atoms with Gasteiger partial charge in [-0.15, -0.1) is 96.1 Å². The van der Waals surface area contributed by atoms with E-state index in [1.54, 1.807) is 0 Å². The first kappa shape index (κ1) is 94.7. The zero-order valence-electron chi connectivity index (χ0n) is 81.4. The van der Waals surface area contributed by atoms with E-state index in [1.165, 1.54) is 72.3 Å². The topological polar surface area (TPSA) is 67.1 Å². The summed E-state index contributed by atoms with van der Waals surface area (Å²) in [6.45, 7) is 43.3. The fourth-order valence-corrected chi connectivity index (χ4v) is 19.3. The number of fused-ring (bicyclic) bond motifs is 8. The maximum atomic E-state index is 6.75. The van der Waals surface area contributed by atoms with E-state index in [0.717, 1.165) is 101 Å². The quantitative estimate of drug-likeness (QED) is 0.0742. The van der Waals surface area contributed by atoms with Crippen molar-refractivity contribution in [1.29, 1.82) is 0 Å². The van der Waals surface area contributed by atoms with Gasteiger partial charge >= 0.3 is 0 Å². The summed E-state index contributed by atoms with van der Waals surface area (Å²) in [6, 6.07) is 142. The maximum Gasteiger partial charge on any atom is 0.135 e. The molecule has 19 aromatic rings. The molecule has 2 aliphatic rings. The molecule has 0 saturated heterocycles. The van der Waals surface area contributed by atoms with Crippen molar-refractivity contribution in [2.24, 2.45) is 0 Å². The molecule has 0 fully saturated rings. The predicted octanol–water partition coefficient (Wildman–Crippen LogP) is 32.8. The Morgan fingerprint density at radius 1 is 0.239 bits per heavy atom. The molecule has 0 aliphatic carbocycles. The SMILES string of the molecule is CC(C)(C)c1cc(N2[CH-]N(c3[c-]c(Oc4[c-]c5c(cc4)c4ccccc4n5-c4cc(C(C)(C)c5ccccc5)ccn4)ccc3)c3cc(C(C)(C)C)ccc32)cc(C(C)(C)c2ccccc2)c1.CC(C)(C)c1ccc2c(c1)N(c1[c-]c(Oc3[c-]c4c(cc3)c3ccccc3n4-c3cc(C(C)(C)c4ccccc4)ccn3)ccc1)[CH-]N2c1cc(-c2ccccc2)cc(C(C)(C)c2ccccc2)c1.[Pt].[Pt]. The molecule has 0 unspecified atom stereocenters. The van der Waals surface area contributed by atoms with Crippen molar-refractivity contribution in [2.75, 3.05) is 19.6 Å². The molecule has 0 atom stereocenters. The van der Waals surface area contributed by atoms with Gasteiger partial charge in [0.25, 0.3) is 0 Å². The van der Waals surface area contributed by atoms with Crippen molar-refractivity contribution in [1.82, 2.24) is 19.1 Å². The van der Waals surface area contributed by atoms with Crippen LogP contribution in [0.5, 0.6) is 23.0 Å². The van der Waals surface area contributed by atoms with Crippen LogP contribution in [0.4, 0.5) is 45.5 Å². The van der Waals surface area contributed by atoms with Crippen molar-refractivity contribution in [3.8, 4) is 45.8 Å². The molecule has 0 amide bonds. The van der Waals surface area contributed by atoms with Gasteiger partial charge in [0, 0.05) is 144 Å². The van der Waals surface area contributed by atoms with Crippen LogP contribution in [0.25, 0.3) is 66.4 Å². The van der Waals surface area contributed by atoms with Crippen LogP contribution in [0, 0.1) is 37.6 Å². The van der Waals surface area contributed by atoms with Gasteiger partial charge in [0.1, 0.15) is 11.6 Å². The van der Waals surface area contributed by atoms with Gasteiger partial charge < -0.3 is 38.2 Å². The summed E-state index contributed by atoms with van der Waals surface area (Å²) in [5.41, 5.74) is 27.2. The average Bonchev–Trinajstić information content (AvgIpc) is 1.59. The molecule has 0 saturated carbocycles. The van der Waals surface area contributed by atoms with Gasteiger partial charge in [-0.05, 0) is 184 Å². The number of benzene rings is 15. The summed E-state index contributed by atoms with van der Waals surface area (Å²) in [7, 11) is 0. The van der Waals surface area contributed by atoms with Crippen LogP contribution in [0.3, 0.4) is 0 Å². The Balaban J connectivity index is 0.000000181. The molecular formula is C126H114N8O2Pt2-6. The molecule has 696 valence electrons. The fraction of sp³-hybridized carbons (Fsp3) is 0.190. The van der Waals surface area contributed by atoms with Crippen LogP contribution >= 0.6 is 0 Å². The first-order valence-electron chi connectivity index (χ1n) is 47.3. The van der Waals surface area contributed by atoms with Crippen LogP contribution < -0.4 is 29.1 Å². The smallest absolute Gasteiger partial charge is 0.135 e. The minimum absolute atomic E-state index is 0. The third-order valence-electron chi connectivity index (χ3n) is 27.9. The van der Waals surface area contributed by atoms with E-state index in [2.05, 4.69) is 506 Å². The van der Waals surface area contributed by atoms with E-state index in [9.17, 15) is 0 Å². The van der Waals surface area contributed by atoms with E-state index in [4.69, 9.17) is 19.4 Å². The molecule has 0 N–H and O–H groups in total. The molecule has 0 bridgehead atoms. The van der Waals surface area contributed by atoms with Gasteiger partial charge in [-0.25, -0.2) is 9.97 Å². The molecular weight excluding hydrogens is 2050 g/mol. The fourth-order valence-electron chi connectivity index (χ4n) is 19.3. The average molecular weight is 2160 g/mol. The molecule has 15 aromatic carbocycles. The predicted molar refractivity (Wildman–Crippen MR) is 564 cm³/mol. The number of aromatic nitrogens is 4. The van der Waals surface area contributed by atoms with E-state index in [-0.39, 0.29) is 80.0 Å². The minimum Gasteiger partial charge on any atom is -0.509 e. The molecule has 12 heteroatoms. The molecule has 0 radical (unpaired) electrons. The molecule has 6 heterocycles. The van der Waals surface area contributed by atoms with Gasteiger partial charge in [0.15, 0.2) is 0 Å². The normalized spacial score (nSPS) is 13.0. The van der Waals surface area contributed by atoms with Gasteiger partial charge in [-0.3, -0.25) is 0 Å². The van der Waals surface area contributed by atoms with Crippen LogP contribution in [0.1, 0.15) is 179 Å². The summed E-state index contributed by atoms with van der Waals surface area (Å²) < 4.78 is 17.9. The van der Waals surface area contributed by atoms with Crippen LogP contribution in [-0.4, -0.2) is 19.1 Å². The first-order chi connectivity index (χ1) is 65.3. The number of hydrogen-bond acceptors (Lipinski definition) is 8. The van der Waals surface area contributed by atoms with E-state index >= 15 is 0 Å². The van der Waals surface area contributed by atoms with Crippen LogP contribution in [0.15, 0.2) is 370 Å². The summed E-state index contributed by atoms with van der Waals surface area (Å²) in [5, 5.41) is 4.43. The second-order valence-corrected chi connectivity index (χ2v) is 41.4. The molecule has 2 aliphatic heterocycles. The number of nitrogens with zero attached hydrogens (tertiary/aromatic N) is 8. The molecule has 0 spiro atoms. The number of hydrogen-bond donors (Lipinski definition) is 0.